The fourth-order valence-corrected chi connectivity index (χ4v) is 1.36. The molecule has 16 heavy (non-hydrogen) atoms. The van der Waals surface area contributed by atoms with E-state index in [1.807, 2.05) is 0 Å². The van der Waals surface area contributed by atoms with Crippen molar-refractivity contribution in [3.05, 3.63) is 21.9 Å². The van der Waals surface area contributed by atoms with Gasteiger partial charge in [-0.05, 0) is 11.8 Å². The van der Waals surface area contributed by atoms with Crippen molar-refractivity contribution in [3.8, 4) is 0 Å². The monoisotopic (exact) mass is 226 g/mol. The summed E-state index contributed by atoms with van der Waals surface area (Å²) in [4.78, 5) is 21.2. The van der Waals surface area contributed by atoms with Crippen LogP contribution in [0.25, 0.3) is 0 Å². The number of rotatable bonds is 4. The molecule has 0 fully saturated rings. The van der Waals surface area contributed by atoms with Crippen molar-refractivity contribution < 1.29 is 9.72 Å². The van der Waals surface area contributed by atoms with Crippen LogP contribution in [-0.4, -0.2) is 27.7 Å². The minimum absolute atomic E-state index is 0.113. The molecule has 0 aromatic carbocycles. The first kappa shape index (κ1) is 12.2. The second-order valence-corrected chi connectivity index (χ2v) is 3.60. The Labute approximate surface area is 92.6 Å². The zero-order valence-electron chi connectivity index (χ0n) is 9.43. The number of aromatic nitrogens is 2. The average Bonchev–Trinajstić information content (AvgIpc) is 2.59. The summed E-state index contributed by atoms with van der Waals surface area (Å²) >= 11 is 0. The van der Waals surface area contributed by atoms with Crippen molar-refractivity contribution in [2.24, 2.45) is 5.92 Å². The van der Waals surface area contributed by atoms with Gasteiger partial charge in [-0.2, -0.15) is 4.68 Å². The van der Waals surface area contributed by atoms with Crippen LogP contribution in [0.2, 0.25) is 0 Å². The van der Waals surface area contributed by atoms with Crippen LogP contribution in [0.1, 0.15) is 12.6 Å². The standard InChI is InChI=1S/C9H14N4O3/c1-6(9(14)10-3)5-12-7(2)4-8(11-12)13(15)16/h4,6H,5H2,1-3H3,(H,10,14). The molecule has 88 valence electrons. The normalized spacial score (nSPS) is 12.2. The van der Waals surface area contributed by atoms with Gasteiger partial charge in [-0.15, -0.1) is 0 Å². The molecule has 1 amide bonds. The maximum atomic E-state index is 11.3. The van der Waals surface area contributed by atoms with Gasteiger partial charge in [0.1, 0.15) is 0 Å². The van der Waals surface area contributed by atoms with Gasteiger partial charge >= 0.3 is 5.82 Å². The van der Waals surface area contributed by atoms with Gasteiger partial charge in [0.25, 0.3) is 0 Å². The molecule has 1 aromatic rings. The Morgan fingerprint density at radius 1 is 1.75 bits per heavy atom. The van der Waals surface area contributed by atoms with E-state index in [-0.39, 0.29) is 17.6 Å². The molecule has 7 heteroatoms. The van der Waals surface area contributed by atoms with E-state index in [2.05, 4.69) is 10.4 Å². The molecular weight excluding hydrogens is 212 g/mol. The van der Waals surface area contributed by atoms with Crippen LogP contribution in [0, 0.1) is 23.0 Å². The molecule has 0 saturated carbocycles. The van der Waals surface area contributed by atoms with Crippen molar-refractivity contribution in [1.29, 1.82) is 0 Å². The molecule has 1 rings (SSSR count). The van der Waals surface area contributed by atoms with E-state index in [9.17, 15) is 14.9 Å². The Bertz CT molecular complexity index is 413. The maximum Gasteiger partial charge on any atom is 0.390 e. The summed E-state index contributed by atoms with van der Waals surface area (Å²) in [5, 5.41) is 16.8. The van der Waals surface area contributed by atoms with Gasteiger partial charge < -0.3 is 15.4 Å². The fourth-order valence-electron chi connectivity index (χ4n) is 1.36. The number of carbonyl (C=O) groups is 1. The minimum Gasteiger partial charge on any atom is -0.359 e. The van der Waals surface area contributed by atoms with Gasteiger partial charge in [-0.1, -0.05) is 6.92 Å². The van der Waals surface area contributed by atoms with Gasteiger partial charge in [0.2, 0.25) is 5.91 Å². The fraction of sp³-hybridized carbons (Fsp3) is 0.556. The molecule has 1 atom stereocenters. The summed E-state index contributed by atoms with van der Waals surface area (Å²) in [7, 11) is 1.55. The van der Waals surface area contributed by atoms with Gasteiger partial charge in [-0.25, -0.2) is 0 Å². The van der Waals surface area contributed by atoms with Crippen molar-refractivity contribution in [2.75, 3.05) is 7.05 Å². The topological polar surface area (TPSA) is 90.1 Å². The first-order valence-corrected chi connectivity index (χ1v) is 4.86. The molecule has 0 spiro atoms. The lowest BCUT2D eigenvalue weighted by Crippen LogP contribution is -2.28. The predicted octanol–water partition coefficient (Wildman–Crippen LogP) is 0.482. The molecule has 7 nitrogen and oxygen atoms in total. The highest BCUT2D eigenvalue weighted by molar-refractivity contribution is 5.77. The average molecular weight is 226 g/mol. The van der Waals surface area contributed by atoms with Crippen LogP contribution in [0.3, 0.4) is 0 Å². The quantitative estimate of drug-likeness (QED) is 0.597. The number of amides is 1. The molecular formula is C9H14N4O3. The highest BCUT2D eigenvalue weighted by Crippen LogP contribution is 2.12. The van der Waals surface area contributed by atoms with Gasteiger partial charge in [0, 0.05) is 7.05 Å². The number of hydrogen-bond donors (Lipinski definition) is 1. The number of carbonyl (C=O) groups excluding carboxylic acids is 1. The number of aryl methyl sites for hydroxylation is 1. The lowest BCUT2D eigenvalue weighted by molar-refractivity contribution is -0.389. The SMILES string of the molecule is CNC(=O)C(C)Cn1nc([N+](=O)[O-])cc1C. The summed E-state index contributed by atoms with van der Waals surface area (Å²) in [5.41, 5.74) is 0.669. The second-order valence-electron chi connectivity index (χ2n) is 3.60. The van der Waals surface area contributed by atoms with E-state index >= 15 is 0 Å². The largest absolute Gasteiger partial charge is 0.390 e. The molecule has 1 heterocycles. The first-order chi connectivity index (χ1) is 7.45. The summed E-state index contributed by atoms with van der Waals surface area (Å²) < 4.78 is 1.47. The third-order valence-corrected chi connectivity index (χ3v) is 2.30. The smallest absolute Gasteiger partial charge is 0.359 e. The van der Waals surface area contributed by atoms with Crippen molar-refractivity contribution in [1.82, 2.24) is 15.1 Å². The Kier molecular flexibility index (Phi) is 3.60. The van der Waals surface area contributed by atoms with Crippen LogP contribution < -0.4 is 5.32 Å². The van der Waals surface area contributed by atoms with Crippen molar-refractivity contribution in [2.45, 2.75) is 20.4 Å². The van der Waals surface area contributed by atoms with Crippen LogP contribution >= 0.6 is 0 Å². The summed E-state index contributed by atoms with van der Waals surface area (Å²) in [5.74, 6) is -0.581. The highest BCUT2D eigenvalue weighted by atomic mass is 16.6. The van der Waals surface area contributed by atoms with E-state index in [0.717, 1.165) is 0 Å². The van der Waals surface area contributed by atoms with E-state index < -0.39 is 4.92 Å². The van der Waals surface area contributed by atoms with Crippen LogP contribution in [-0.2, 0) is 11.3 Å². The molecule has 0 aliphatic heterocycles. The second kappa shape index (κ2) is 4.73. The third kappa shape index (κ3) is 2.56. The molecule has 0 saturated heterocycles. The van der Waals surface area contributed by atoms with E-state index in [1.165, 1.54) is 10.7 Å². The summed E-state index contributed by atoms with van der Waals surface area (Å²) in [6.45, 7) is 3.79. The summed E-state index contributed by atoms with van der Waals surface area (Å²) in [6.07, 6.45) is 0. The summed E-state index contributed by atoms with van der Waals surface area (Å²) in [6, 6.07) is 1.39. The van der Waals surface area contributed by atoms with E-state index in [4.69, 9.17) is 0 Å². The van der Waals surface area contributed by atoms with Crippen molar-refractivity contribution >= 4 is 11.7 Å². The predicted molar refractivity (Wildman–Crippen MR) is 56.8 cm³/mol. The minimum atomic E-state index is -0.548. The third-order valence-electron chi connectivity index (χ3n) is 2.30. The number of nitrogens with one attached hydrogen (secondary N) is 1. The van der Waals surface area contributed by atoms with E-state index in [0.29, 0.717) is 12.2 Å². The van der Waals surface area contributed by atoms with Gasteiger partial charge in [0.15, 0.2) is 0 Å². The van der Waals surface area contributed by atoms with Crippen LogP contribution in [0.4, 0.5) is 5.82 Å². The Morgan fingerprint density at radius 2 is 2.38 bits per heavy atom. The Morgan fingerprint density at radius 3 is 2.81 bits per heavy atom. The van der Waals surface area contributed by atoms with Gasteiger partial charge in [-0.3, -0.25) is 4.79 Å². The first-order valence-electron chi connectivity index (χ1n) is 4.86. The Hall–Kier alpha value is -1.92. The van der Waals surface area contributed by atoms with Crippen LogP contribution in [0.5, 0.6) is 0 Å². The van der Waals surface area contributed by atoms with Crippen LogP contribution in [0.15, 0.2) is 6.07 Å². The molecule has 0 aliphatic carbocycles. The molecule has 0 aliphatic rings. The molecule has 1 aromatic heterocycles. The molecule has 1 unspecified atom stereocenters. The van der Waals surface area contributed by atoms with Crippen molar-refractivity contribution in [3.63, 3.8) is 0 Å². The lowest BCUT2D eigenvalue weighted by atomic mass is 10.1. The maximum absolute atomic E-state index is 11.3. The number of nitro groups is 1. The Balaban J connectivity index is 2.81. The zero-order valence-corrected chi connectivity index (χ0v) is 9.43. The molecule has 0 bridgehead atoms. The molecule has 1 N–H and O–H groups in total. The molecule has 0 radical (unpaired) electrons. The highest BCUT2D eigenvalue weighted by Gasteiger charge is 2.19. The lowest BCUT2D eigenvalue weighted by Gasteiger charge is -2.08. The zero-order chi connectivity index (χ0) is 12.3. The van der Waals surface area contributed by atoms with Gasteiger partial charge in [0.05, 0.1) is 29.3 Å². The number of hydrogen-bond acceptors (Lipinski definition) is 4. The van der Waals surface area contributed by atoms with E-state index in [1.54, 1.807) is 20.9 Å². The number of nitrogens with zero attached hydrogens (tertiary/aromatic N) is 3.